The van der Waals surface area contributed by atoms with E-state index in [4.69, 9.17) is 4.74 Å². The van der Waals surface area contributed by atoms with Gasteiger partial charge in [0.2, 0.25) is 0 Å². The van der Waals surface area contributed by atoms with Crippen molar-refractivity contribution in [3.8, 4) is 0 Å². The molecule has 0 unspecified atom stereocenters. The van der Waals surface area contributed by atoms with E-state index in [2.05, 4.69) is 9.97 Å². The Morgan fingerprint density at radius 1 is 1.35 bits per heavy atom. The highest BCUT2D eigenvalue weighted by Crippen LogP contribution is 2.26. The lowest BCUT2D eigenvalue weighted by Crippen LogP contribution is -2.28. The Hall–Kier alpha value is -1.10. The van der Waals surface area contributed by atoms with Gasteiger partial charge in [-0.3, -0.25) is 4.79 Å². The van der Waals surface area contributed by atoms with Crippen molar-refractivity contribution in [2.24, 2.45) is 5.41 Å². The minimum Gasteiger partial charge on any atom is -0.469 e. The number of aryl methyl sites for hydroxylation is 2. The Morgan fingerprint density at radius 2 is 1.88 bits per heavy atom. The molecule has 0 aliphatic carbocycles. The smallest absolute Gasteiger partial charge is 0.312 e. The molecule has 1 aromatic rings. The number of hydrogen-bond acceptors (Lipinski definition) is 5. The van der Waals surface area contributed by atoms with Gasteiger partial charge in [-0.25, -0.2) is 9.97 Å². The average Bonchev–Trinajstić information content (AvgIpc) is 2.24. The molecule has 0 atom stereocenters. The second kappa shape index (κ2) is 5.49. The largest absolute Gasteiger partial charge is 0.469 e. The third-order valence-electron chi connectivity index (χ3n) is 2.26. The van der Waals surface area contributed by atoms with Gasteiger partial charge in [0, 0.05) is 17.1 Å². The third-order valence-corrected chi connectivity index (χ3v) is 3.57. The zero-order chi connectivity index (χ0) is 13.1. The van der Waals surface area contributed by atoms with Gasteiger partial charge in [0.15, 0.2) is 5.16 Å². The van der Waals surface area contributed by atoms with Crippen molar-refractivity contribution in [1.82, 2.24) is 9.97 Å². The minimum absolute atomic E-state index is 0.214. The lowest BCUT2D eigenvalue weighted by Gasteiger charge is -2.20. The summed E-state index contributed by atoms with van der Waals surface area (Å²) in [6.45, 7) is 7.58. The first-order valence-electron chi connectivity index (χ1n) is 5.38. The van der Waals surface area contributed by atoms with Crippen LogP contribution in [0.25, 0.3) is 0 Å². The summed E-state index contributed by atoms with van der Waals surface area (Å²) in [6.07, 6.45) is 0. The van der Waals surface area contributed by atoms with Gasteiger partial charge in [-0.15, -0.1) is 0 Å². The molecule has 0 saturated heterocycles. The van der Waals surface area contributed by atoms with Crippen LogP contribution in [0.3, 0.4) is 0 Å². The summed E-state index contributed by atoms with van der Waals surface area (Å²) >= 11 is 1.48. The number of aromatic nitrogens is 2. The Bertz CT molecular complexity index is 399. The quantitative estimate of drug-likeness (QED) is 0.469. The van der Waals surface area contributed by atoms with Crippen molar-refractivity contribution in [1.29, 1.82) is 0 Å². The van der Waals surface area contributed by atoms with Crippen LogP contribution >= 0.6 is 11.8 Å². The maximum absolute atomic E-state index is 11.5. The van der Waals surface area contributed by atoms with E-state index < -0.39 is 5.41 Å². The third kappa shape index (κ3) is 4.00. The zero-order valence-corrected chi connectivity index (χ0v) is 11.7. The number of carbonyl (C=O) groups excluding carboxylic acids is 1. The first-order chi connectivity index (χ1) is 7.85. The summed E-state index contributed by atoms with van der Waals surface area (Å²) < 4.78 is 4.76. The molecule has 1 aromatic heterocycles. The number of rotatable bonds is 4. The van der Waals surface area contributed by atoms with Gasteiger partial charge in [0.1, 0.15) is 0 Å². The summed E-state index contributed by atoms with van der Waals surface area (Å²) in [5, 5.41) is 0.708. The zero-order valence-electron chi connectivity index (χ0n) is 10.9. The number of hydrogen-bond donors (Lipinski definition) is 0. The van der Waals surface area contributed by atoms with Gasteiger partial charge in [0.05, 0.1) is 12.5 Å². The molecule has 0 aliphatic rings. The SMILES string of the molecule is COC(=O)C(C)(C)CSc1nc(C)cc(C)n1. The number of ether oxygens (including phenoxy) is 1. The molecule has 0 amide bonds. The molecule has 17 heavy (non-hydrogen) atoms. The van der Waals surface area contributed by atoms with Crippen LogP contribution < -0.4 is 0 Å². The normalized spacial score (nSPS) is 11.4. The Balaban J connectivity index is 2.70. The van der Waals surface area contributed by atoms with Crippen molar-refractivity contribution in [2.45, 2.75) is 32.9 Å². The molecule has 0 fully saturated rings. The maximum atomic E-state index is 11.5. The molecule has 0 saturated carbocycles. The predicted molar refractivity (Wildman–Crippen MR) is 68.0 cm³/mol. The number of methoxy groups -OCH3 is 1. The van der Waals surface area contributed by atoms with Crippen molar-refractivity contribution in [3.05, 3.63) is 17.5 Å². The standard InChI is InChI=1S/C12H18N2O2S/c1-8-6-9(2)14-11(13-8)17-7-12(3,4)10(15)16-5/h6H,7H2,1-5H3. The average molecular weight is 254 g/mol. The van der Waals surface area contributed by atoms with Crippen LogP contribution in [0.15, 0.2) is 11.2 Å². The molecule has 0 aromatic carbocycles. The van der Waals surface area contributed by atoms with Crippen LogP contribution in [-0.2, 0) is 9.53 Å². The van der Waals surface area contributed by atoms with Crippen LogP contribution in [0.5, 0.6) is 0 Å². The second-order valence-corrected chi connectivity index (χ2v) is 5.54. The van der Waals surface area contributed by atoms with Gasteiger partial charge in [0.25, 0.3) is 0 Å². The number of esters is 1. The summed E-state index contributed by atoms with van der Waals surface area (Å²) in [4.78, 5) is 20.2. The van der Waals surface area contributed by atoms with E-state index in [1.54, 1.807) is 0 Å². The fourth-order valence-electron chi connectivity index (χ4n) is 1.34. The van der Waals surface area contributed by atoms with E-state index in [-0.39, 0.29) is 5.97 Å². The minimum atomic E-state index is -0.527. The molecule has 0 aliphatic heterocycles. The summed E-state index contributed by atoms with van der Waals surface area (Å²) in [6, 6.07) is 1.93. The molecule has 94 valence electrons. The number of thioether (sulfide) groups is 1. The molecule has 0 radical (unpaired) electrons. The van der Waals surface area contributed by atoms with E-state index in [1.807, 2.05) is 33.8 Å². The van der Waals surface area contributed by atoms with Crippen molar-refractivity contribution >= 4 is 17.7 Å². The fraction of sp³-hybridized carbons (Fsp3) is 0.583. The highest BCUT2D eigenvalue weighted by Gasteiger charge is 2.29. The lowest BCUT2D eigenvalue weighted by atomic mass is 9.97. The van der Waals surface area contributed by atoms with E-state index in [9.17, 15) is 4.79 Å². The molecule has 0 bridgehead atoms. The maximum Gasteiger partial charge on any atom is 0.312 e. The molecule has 1 rings (SSSR count). The van der Waals surface area contributed by atoms with Crippen LogP contribution in [0.2, 0.25) is 0 Å². The first kappa shape index (κ1) is 14.0. The highest BCUT2D eigenvalue weighted by atomic mass is 32.2. The monoisotopic (exact) mass is 254 g/mol. The Morgan fingerprint density at radius 3 is 2.35 bits per heavy atom. The van der Waals surface area contributed by atoms with Gasteiger partial charge in [-0.1, -0.05) is 11.8 Å². The molecule has 0 N–H and O–H groups in total. The van der Waals surface area contributed by atoms with Crippen LogP contribution in [-0.4, -0.2) is 28.8 Å². The molecule has 0 spiro atoms. The highest BCUT2D eigenvalue weighted by molar-refractivity contribution is 7.99. The van der Waals surface area contributed by atoms with Gasteiger partial charge >= 0.3 is 5.97 Å². The van der Waals surface area contributed by atoms with Gasteiger partial charge in [-0.2, -0.15) is 0 Å². The van der Waals surface area contributed by atoms with Crippen LogP contribution in [0.1, 0.15) is 25.2 Å². The summed E-state index contributed by atoms with van der Waals surface area (Å²) in [7, 11) is 1.40. The van der Waals surface area contributed by atoms with Crippen LogP contribution in [0, 0.1) is 19.3 Å². The summed E-state index contributed by atoms with van der Waals surface area (Å²) in [5.74, 6) is 0.386. The van der Waals surface area contributed by atoms with Crippen molar-refractivity contribution in [3.63, 3.8) is 0 Å². The molecular formula is C12H18N2O2S. The number of nitrogens with zero attached hydrogens (tertiary/aromatic N) is 2. The first-order valence-corrected chi connectivity index (χ1v) is 6.37. The van der Waals surface area contributed by atoms with E-state index >= 15 is 0 Å². The topological polar surface area (TPSA) is 52.1 Å². The summed E-state index contributed by atoms with van der Waals surface area (Å²) in [5.41, 5.74) is 1.35. The number of carbonyl (C=O) groups is 1. The molecule has 4 nitrogen and oxygen atoms in total. The van der Waals surface area contributed by atoms with Gasteiger partial charge in [-0.05, 0) is 33.8 Å². The van der Waals surface area contributed by atoms with Gasteiger partial charge < -0.3 is 4.74 Å². The fourth-order valence-corrected chi connectivity index (χ4v) is 2.36. The molecule has 1 heterocycles. The Kier molecular flexibility index (Phi) is 4.51. The molecule has 5 heteroatoms. The predicted octanol–water partition coefficient (Wildman–Crippen LogP) is 2.38. The second-order valence-electron chi connectivity index (χ2n) is 4.60. The van der Waals surface area contributed by atoms with Crippen molar-refractivity contribution in [2.75, 3.05) is 12.9 Å². The van der Waals surface area contributed by atoms with Crippen molar-refractivity contribution < 1.29 is 9.53 Å². The lowest BCUT2D eigenvalue weighted by molar-refractivity contribution is -0.149. The van der Waals surface area contributed by atoms with E-state index in [0.717, 1.165) is 11.4 Å². The molecular weight excluding hydrogens is 236 g/mol. The van der Waals surface area contributed by atoms with E-state index in [1.165, 1.54) is 18.9 Å². The van der Waals surface area contributed by atoms with Crippen LogP contribution in [0.4, 0.5) is 0 Å². The van der Waals surface area contributed by atoms with E-state index in [0.29, 0.717) is 10.9 Å². The Labute approximate surface area is 106 Å².